The van der Waals surface area contributed by atoms with Crippen molar-refractivity contribution in [2.24, 2.45) is 0 Å². The molecular formula is C22H22NO+. The van der Waals surface area contributed by atoms with E-state index in [4.69, 9.17) is 0 Å². The Kier molecular flexibility index (Phi) is 5.17. The molecule has 0 fully saturated rings. The largest absolute Gasteiger partial charge is 0.287 e. The van der Waals surface area contributed by atoms with Crippen LogP contribution in [0.25, 0.3) is 11.1 Å². The molecule has 120 valence electrons. The summed E-state index contributed by atoms with van der Waals surface area (Å²) in [6.45, 7) is 2.54. The lowest BCUT2D eigenvalue weighted by Crippen LogP contribution is -2.37. The number of hydrogen-bond donors (Lipinski definition) is 0. The number of aryl methyl sites for hydroxylation is 1. The van der Waals surface area contributed by atoms with Crippen molar-refractivity contribution in [3.8, 4) is 11.1 Å². The lowest BCUT2D eigenvalue weighted by molar-refractivity contribution is -0.683. The van der Waals surface area contributed by atoms with Crippen LogP contribution >= 0.6 is 0 Å². The minimum Gasteiger partial charge on any atom is -0.287 e. The average Bonchev–Trinajstić information content (AvgIpc) is 2.64. The maximum Gasteiger partial charge on any atom is 0.227 e. The number of carbonyl (C=O) groups excluding carboxylic acids is 1. The third kappa shape index (κ3) is 3.96. The van der Waals surface area contributed by atoms with Crippen molar-refractivity contribution in [3.05, 3.63) is 90.3 Å². The van der Waals surface area contributed by atoms with E-state index >= 15 is 0 Å². The Balaban J connectivity index is 1.69. The first kappa shape index (κ1) is 16.1. The van der Waals surface area contributed by atoms with Crippen molar-refractivity contribution >= 4 is 5.78 Å². The molecule has 0 saturated carbocycles. The summed E-state index contributed by atoms with van der Waals surface area (Å²) in [6.07, 6.45) is 6.19. The molecule has 2 aromatic carbocycles. The number of benzene rings is 2. The normalized spacial score (nSPS) is 10.5. The van der Waals surface area contributed by atoms with E-state index in [1.165, 1.54) is 5.56 Å². The molecule has 0 amide bonds. The van der Waals surface area contributed by atoms with Crippen LogP contribution in [-0.2, 0) is 13.0 Å². The molecule has 2 nitrogen and oxygen atoms in total. The molecule has 0 aliphatic rings. The summed E-state index contributed by atoms with van der Waals surface area (Å²) in [5.41, 5.74) is 4.36. The molecule has 0 radical (unpaired) electrons. The van der Waals surface area contributed by atoms with E-state index in [-0.39, 0.29) is 5.78 Å². The number of carbonyl (C=O) groups is 1. The van der Waals surface area contributed by atoms with Crippen molar-refractivity contribution in [1.29, 1.82) is 0 Å². The Morgan fingerprint density at radius 1 is 0.833 bits per heavy atom. The van der Waals surface area contributed by atoms with Gasteiger partial charge in [0.1, 0.15) is 0 Å². The van der Waals surface area contributed by atoms with E-state index in [0.717, 1.165) is 29.5 Å². The lowest BCUT2D eigenvalue weighted by atomic mass is 10.0. The van der Waals surface area contributed by atoms with E-state index in [0.29, 0.717) is 6.54 Å². The van der Waals surface area contributed by atoms with Crippen molar-refractivity contribution in [3.63, 3.8) is 0 Å². The zero-order valence-corrected chi connectivity index (χ0v) is 14.0. The Bertz CT molecular complexity index is 790. The quantitative estimate of drug-likeness (QED) is 0.485. The summed E-state index contributed by atoms with van der Waals surface area (Å²) in [5.74, 6) is 0.128. The second-order valence-electron chi connectivity index (χ2n) is 6.00. The zero-order chi connectivity index (χ0) is 16.8. The third-order valence-electron chi connectivity index (χ3n) is 4.14. The standard InChI is InChI=1S/C22H22NO/c1-2-6-18-13-15-23(16-14-18)17-22(24)21-11-9-20(10-12-21)19-7-4-3-5-8-19/h3-5,7-16H,2,6,17H2,1H3/q+1. The lowest BCUT2D eigenvalue weighted by Gasteiger charge is -2.03. The molecule has 0 bridgehead atoms. The summed E-state index contributed by atoms with van der Waals surface area (Å²) in [5, 5.41) is 0. The maximum atomic E-state index is 12.5. The predicted octanol–water partition coefficient (Wildman–Crippen LogP) is 4.48. The number of hydrogen-bond acceptors (Lipinski definition) is 1. The highest BCUT2D eigenvalue weighted by Gasteiger charge is 2.12. The van der Waals surface area contributed by atoms with Gasteiger partial charge >= 0.3 is 0 Å². The van der Waals surface area contributed by atoms with Crippen LogP contribution in [-0.4, -0.2) is 5.78 Å². The molecule has 2 heteroatoms. The van der Waals surface area contributed by atoms with Crippen molar-refractivity contribution in [2.45, 2.75) is 26.3 Å². The Labute approximate surface area is 143 Å². The Morgan fingerprint density at radius 2 is 1.46 bits per heavy atom. The fourth-order valence-electron chi connectivity index (χ4n) is 2.79. The molecule has 0 atom stereocenters. The van der Waals surface area contributed by atoms with Gasteiger partial charge in [0, 0.05) is 17.7 Å². The molecule has 1 aromatic heterocycles. The topological polar surface area (TPSA) is 20.9 Å². The van der Waals surface area contributed by atoms with Gasteiger partial charge in [0.25, 0.3) is 0 Å². The Hall–Kier alpha value is -2.74. The minimum absolute atomic E-state index is 0.128. The van der Waals surface area contributed by atoms with Crippen molar-refractivity contribution < 1.29 is 9.36 Å². The predicted molar refractivity (Wildman–Crippen MR) is 96.8 cm³/mol. The number of Topliss-reactive ketones (excluding diaryl/α,β-unsaturated/α-hetero) is 1. The van der Waals surface area contributed by atoms with Crippen LogP contribution in [0.1, 0.15) is 29.3 Å². The second-order valence-corrected chi connectivity index (χ2v) is 6.00. The molecule has 0 N–H and O–H groups in total. The molecule has 0 spiro atoms. The van der Waals surface area contributed by atoms with Gasteiger partial charge in [0.05, 0.1) is 0 Å². The first-order valence-electron chi connectivity index (χ1n) is 8.43. The van der Waals surface area contributed by atoms with Gasteiger partial charge in [0.15, 0.2) is 12.4 Å². The monoisotopic (exact) mass is 316 g/mol. The third-order valence-corrected chi connectivity index (χ3v) is 4.14. The molecule has 3 rings (SSSR count). The van der Waals surface area contributed by atoms with Gasteiger partial charge < -0.3 is 0 Å². The van der Waals surface area contributed by atoms with Gasteiger partial charge in [-0.3, -0.25) is 4.79 Å². The van der Waals surface area contributed by atoms with Crippen LogP contribution in [0.5, 0.6) is 0 Å². The van der Waals surface area contributed by atoms with E-state index in [9.17, 15) is 4.79 Å². The summed E-state index contributed by atoms with van der Waals surface area (Å²) in [6, 6.07) is 22.2. The fourth-order valence-corrected chi connectivity index (χ4v) is 2.79. The minimum atomic E-state index is 0.128. The van der Waals surface area contributed by atoms with E-state index < -0.39 is 0 Å². The molecule has 0 saturated heterocycles. The van der Waals surface area contributed by atoms with Gasteiger partial charge in [0.2, 0.25) is 12.3 Å². The first-order valence-corrected chi connectivity index (χ1v) is 8.43. The number of nitrogens with zero attached hydrogens (tertiary/aromatic N) is 1. The van der Waals surface area contributed by atoms with E-state index in [1.54, 1.807) is 0 Å². The highest BCUT2D eigenvalue weighted by molar-refractivity contribution is 5.95. The van der Waals surface area contributed by atoms with Crippen LogP contribution in [0, 0.1) is 0 Å². The van der Waals surface area contributed by atoms with Crippen LogP contribution in [0.3, 0.4) is 0 Å². The summed E-state index contributed by atoms with van der Waals surface area (Å²) >= 11 is 0. The molecule has 1 heterocycles. The van der Waals surface area contributed by atoms with E-state index in [1.807, 2.05) is 59.4 Å². The fraction of sp³-hybridized carbons (Fsp3) is 0.182. The van der Waals surface area contributed by atoms with Gasteiger partial charge in [-0.1, -0.05) is 67.9 Å². The number of pyridine rings is 1. The molecule has 3 aromatic rings. The van der Waals surface area contributed by atoms with Gasteiger partial charge in [-0.05, 0) is 23.1 Å². The number of aromatic nitrogens is 1. The Morgan fingerprint density at radius 3 is 2.08 bits per heavy atom. The maximum absolute atomic E-state index is 12.5. The highest BCUT2D eigenvalue weighted by atomic mass is 16.1. The van der Waals surface area contributed by atoms with Crippen LogP contribution in [0.2, 0.25) is 0 Å². The van der Waals surface area contributed by atoms with Crippen molar-refractivity contribution in [2.75, 3.05) is 0 Å². The van der Waals surface area contributed by atoms with E-state index in [2.05, 4.69) is 31.2 Å². The highest BCUT2D eigenvalue weighted by Crippen LogP contribution is 2.19. The zero-order valence-electron chi connectivity index (χ0n) is 14.0. The number of ketones is 1. The van der Waals surface area contributed by atoms with Crippen LogP contribution in [0.4, 0.5) is 0 Å². The molecule has 0 aliphatic carbocycles. The number of rotatable bonds is 6. The molecule has 24 heavy (non-hydrogen) atoms. The van der Waals surface area contributed by atoms with Gasteiger partial charge in [-0.2, -0.15) is 4.57 Å². The molecular weight excluding hydrogens is 294 g/mol. The van der Waals surface area contributed by atoms with Crippen LogP contribution in [0.15, 0.2) is 79.1 Å². The molecule has 0 aliphatic heterocycles. The smallest absolute Gasteiger partial charge is 0.227 e. The molecule has 0 unspecified atom stereocenters. The average molecular weight is 316 g/mol. The second kappa shape index (κ2) is 7.69. The van der Waals surface area contributed by atoms with Gasteiger partial charge in [-0.15, -0.1) is 0 Å². The van der Waals surface area contributed by atoms with Gasteiger partial charge in [-0.25, -0.2) is 0 Å². The first-order chi connectivity index (χ1) is 11.8. The summed E-state index contributed by atoms with van der Waals surface area (Å²) in [4.78, 5) is 12.5. The van der Waals surface area contributed by atoms with Crippen molar-refractivity contribution in [1.82, 2.24) is 0 Å². The summed E-state index contributed by atoms with van der Waals surface area (Å²) in [7, 11) is 0. The summed E-state index contributed by atoms with van der Waals surface area (Å²) < 4.78 is 1.94. The van der Waals surface area contributed by atoms with Crippen LogP contribution < -0.4 is 4.57 Å². The SMILES string of the molecule is CCCc1cc[n+](CC(=O)c2ccc(-c3ccccc3)cc2)cc1.